The highest BCUT2D eigenvalue weighted by molar-refractivity contribution is 7.90. The zero-order chi connectivity index (χ0) is 24.2. The Kier molecular flexibility index (Phi) is 7.33. The van der Waals surface area contributed by atoms with E-state index in [1.165, 1.54) is 6.07 Å². The lowest BCUT2D eigenvalue weighted by Gasteiger charge is -2.39. The Morgan fingerprint density at radius 2 is 1.94 bits per heavy atom. The summed E-state index contributed by atoms with van der Waals surface area (Å²) in [6.45, 7) is 5.54. The van der Waals surface area contributed by atoms with Gasteiger partial charge in [0.2, 0.25) is 15.9 Å². The molecule has 0 saturated carbocycles. The topological polar surface area (TPSA) is 129 Å². The van der Waals surface area contributed by atoms with E-state index in [4.69, 9.17) is 4.74 Å². The maximum Gasteiger partial charge on any atom is 0.340 e. The number of nitrogens with zero attached hydrogens (tertiary/aromatic N) is 3. The van der Waals surface area contributed by atoms with Crippen molar-refractivity contribution in [3.05, 3.63) is 58.8 Å². The highest BCUT2D eigenvalue weighted by atomic mass is 32.2. The predicted molar refractivity (Wildman–Crippen MR) is 122 cm³/mol. The Labute approximate surface area is 193 Å². The van der Waals surface area contributed by atoms with Gasteiger partial charge in [-0.25, -0.2) is 18.2 Å². The van der Waals surface area contributed by atoms with Crippen LogP contribution in [0.25, 0.3) is 0 Å². The van der Waals surface area contributed by atoms with E-state index in [2.05, 4.69) is 9.71 Å². The number of hydrogen-bond donors (Lipinski definition) is 1. The number of nitriles is 1. The number of ether oxygens (including phenoxy) is 1. The summed E-state index contributed by atoms with van der Waals surface area (Å²) < 4.78 is 31.9. The average Bonchev–Trinajstić information content (AvgIpc) is 2.71. The number of nitrogens with one attached hydrogen (secondary N) is 1. The molecular weight excluding hydrogens is 444 g/mol. The fourth-order valence-electron chi connectivity index (χ4n) is 3.40. The van der Waals surface area contributed by atoms with E-state index in [0.717, 1.165) is 5.56 Å². The minimum Gasteiger partial charge on any atom is -0.459 e. The van der Waals surface area contributed by atoms with Crippen LogP contribution < -0.4 is 9.62 Å². The Bertz CT molecular complexity index is 1180. The number of esters is 1. The predicted octanol–water partition coefficient (Wildman–Crippen LogP) is 1.95. The first-order valence-electron chi connectivity index (χ1n) is 10.6. The Morgan fingerprint density at radius 3 is 2.55 bits per heavy atom. The number of aromatic nitrogens is 1. The smallest absolute Gasteiger partial charge is 0.340 e. The van der Waals surface area contributed by atoms with Gasteiger partial charge in [-0.05, 0) is 38.8 Å². The summed E-state index contributed by atoms with van der Waals surface area (Å²) in [5.41, 5.74) is 1.68. The Morgan fingerprint density at radius 1 is 1.27 bits per heavy atom. The molecule has 9 nitrogen and oxygen atoms in total. The molecule has 0 aliphatic carbocycles. The largest absolute Gasteiger partial charge is 0.459 e. The van der Waals surface area contributed by atoms with Gasteiger partial charge < -0.3 is 9.64 Å². The van der Waals surface area contributed by atoms with Crippen molar-refractivity contribution in [2.75, 3.05) is 23.7 Å². The molecule has 1 amide bonds. The molecule has 1 saturated heterocycles. The third-order valence-corrected chi connectivity index (χ3v) is 6.44. The van der Waals surface area contributed by atoms with Crippen LogP contribution in [0.15, 0.2) is 36.4 Å². The molecule has 1 aromatic heterocycles. The second-order valence-electron chi connectivity index (χ2n) is 8.18. The van der Waals surface area contributed by atoms with Crippen molar-refractivity contribution in [2.45, 2.75) is 33.3 Å². The molecule has 33 heavy (non-hydrogen) atoms. The van der Waals surface area contributed by atoms with Crippen LogP contribution in [0, 0.1) is 24.2 Å². The molecule has 0 spiro atoms. The van der Waals surface area contributed by atoms with Gasteiger partial charge in [-0.1, -0.05) is 30.3 Å². The molecule has 3 rings (SSSR count). The first-order valence-corrected chi connectivity index (χ1v) is 12.2. The minimum absolute atomic E-state index is 0.186. The average molecular weight is 471 g/mol. The molecular formula is C23H26N4O5S. The summed E-state index contributed by atoms with van der Waals surface area (Å²) in [6.07, 6.45) is 0.00124. The van der Waals surface area contributed by atoms with Gasteiger partial charge in [0.15, 0.2) is 0 Å². The van der Waals surface area contributed by atoms with Crippen LogP contribution in [0.1, 0.15) is 41.0 Å². The van der Waals surface area contributed by atoms with E-state index in [-0.39, 0.29) is 36.1 Å². The summed E-state index contributed by atoms with van der Waals surface area (Å²) in [5.74, 6) is -1.51. The standard InChI is InChI=1S/C23H26N4O5S/c1-15(2)32-23(29)20-11-18(12-24)21(25-16(20)3)27-13-19(14-27)22(28)26-33(30,31)10-9-17-7-5-4-6-8-17/h4-8,11,15,19H,9-10,13-14H2,1-3H3,(H,26,28). The van der Waals surface area contributed by atoms with E-state index < -0.39 is 27.8 Å². The number of carbonyl (C=O) groups excluding carboxylic acids is 2. The number of sulfonamides is 1. The molecule has 174 valence electrons. The van der Waals surface area contributed by atoms with E-state index in [9.17, 15) is 23.3 Å². The maximum atomic E-state index is 12.4. The number of pyridine rings is 1. The number of aryl methyl sites for hydroxylation is 2. The lowest BCUT2D eigenvalue weighted by atomic mass is 9.98. The minimum atomic E-state index is -3.76. The number of rotatable bonds is 8. The van der Waals surface area contributed by atoms with Crippen molar-refractivity contribution in [3.8, 4) is 6.07 Å². The second-order valence-corrected chi connectivity index (χ2v) is 10.0. The first-order chi connectivity index (χ1) is 15.6. The molecule has 10 heteroatoms. The molecule has 1 fully saturated rings. The molecule has 2 aromatic rings. The molecule has 0 bridgehead atoms. The van der Waals surface area contributed by atoms with Crippen molar-refractivity contribution in [1.29, 1.82) is 5.26 Å². The van der Waals surface area contributed by atoms with Crippen LogP contribution >= 0.6 is 0 Å². The fourth-order valence-corrected chi connectivity index (χ4v) is 4.48. The summed E-state index contributed by atoms with van der Waals surface area (Å²) in [7, 11) is -3.76. The normalized spacial score (nSPS) is 13.8. The zero-order valence-electron chi connectivity index (χ0n) is 18.7. The lowest BCUT2D eigenvalue weighted by Crippen LogP contribution is -2.55. The van der Waals surface area contributed by atoms with E-state index in [1.807, 2.05) is 36.4 Å². The van der Waals surface area contributed by atoms with Crippen molar-refractivity contribution in [1.82, 2.24) is 9.71 Å². The monoisotopic (exact) mass is 470 g/mol. The van der Waals surface area contributed by atoms with E-state index in [0.29, 0.717) is 17.9 Å². The first kappa shape index (κ1) is 24.2. The van der Waals surface area contributed by atoms with Gasteiger partial charge in [0.25, 0.3) is 0 Å². The van der Waals surface area contributed by atoms with Gasteiger partial charge in [-0.3, -0.25) is 9.52 Å². The Hall–Kier alpha value is -3.45. The summed E-state index contributed by atoms with van der Waals surface area (Å²) in [6, 6.07) is 12.6. The van der Waals surface area contributed by atoms with Gasteiger partial charge in [-0.15, -0.1) is 0 Å². The maximum absolute atomic E-state index is 12.4. The molecule has 1 N–H and O–H groups in total. The molecule has 0 radical (unpaired) electrons. The fraction of sp³-hybridized carbons (Fsp3) is 0.391. The lowest BCUT2D eigenvalue weighted by molar-refractivity contribution is -0.123. The molecule has 1 aliphatic rings. The number of hydrogen-bond acceptors (Lipinski definition) is 8. The van der Waals surface area contributed by atoms with Crippen LogP contribution in [0.2, 0.25) is 0 Å². The van der Waals surface area contributed by atoms with Crippen LogP contribution in [0.5, 0.6) is 0 Å². The third-order valence-electron chi connectivity index (χ3n) is 5.19. The van der Waals surface area contributed by atoms with Gasteiger partial charge in [0.1, 0.15) is 11.9 Å². The molecule has 1 aromatic carbocycles. The van der Waals surface area contributed by atoms with Crippen molar-refractivity contribution in [2.24, 2.45) is 5.92 Å². The summed E-state index contributed by atoms with van der Waals surface area (Å²) in [5, 5.41) is 9.52. The van der Waals surface area contributed by atoms with E-state index in [1.54, 1.807) is 25.7 Å². The van der Waals surface area contributed by atoms with Crippen LogP contribution in [-0.2, 0) is 26.0 Å². The van der Waals surface area contributed by atoms with Crippen molar-refractivity contribution >= 4 is 27.7 Å². The highest BCUT2D eigenvalue weighted by Gasteiger charge is 2.36. The number of carbonyl (C=O) groups is 2. The van der Waals surface area contributed by atoms with Crippen LogP contribution in [0.3, 0.4) is 0 Å². The SMILES string of the molecule is Cc1nc(N2CC(C(=O)NS(=O)(=O)CCc3ccccc3)C2)c(C#N)cc1C(=O)OC(C)C. The summed E-state index contributed by atoms with van der Waals surface area (Å²) in [4.78, 5) is 30.8. The highest BCUT2D eigenvalue weighted by Crippen LogP contribution is 2.28. The van der Waals surface area contributed by atoms with Gasteiger partial charge in [-0.2, -0.15) is 5.26 Å². The molecule has 1 aliphatic heterocycles. The number of anilines is 1. The number of benzene rings is 1. The molecule has 2 heterocycles. The summed E-state index contributed by atoms with van der Waals surface area (Å²) >= 11 is 0. The third kappa shape index (κ3) is 6.08. The van der Waals surface area contributed by atoms with Crippen molar-refractivity contribution < 1.29 is 22.7 Å². The quantitative estimate of drug-likeness (QED) is 0.580. The van der Waals surface area contributed by atoms with Crippen molar-refractivity contribution in [3.63, 3.8) is 0 Å². The number of amides is 1. The Balaban J connectivity index is 1.61. The van der Waals surface area contributed by atoms with Crippen LogP contribution in [0.4, 0.5) is 5.82 Å². The zero-order valence-corrected chi connectivity index (χ0v) is 19.6. The van der Waals surface area contributed by atoms with Gasteiger partial charge in [0.05, 0.1) is 34.6 Å². The van der Waals surface area contributed by atoms with Gasteiger partial charge >= 0.3 is 5.97 Å². The molecule has 0 atom stereocenters. The van der Waals surface area contributed by atoms with Gasteiger partial charge in [0, 0.05) is 13.1 Å². The second kappa shape index (κ2) is 10.0. The van der Waals surface area contributed by atoms with Crippen LogP contribution in [-0.4, -0.2) is 50.2 Å². The van der Waals surface area contributed by atoms with E-state index >= 15 is 0 Å². The molecule has 0 unspecified atom stereocenters.